The van der Waals surface area contributed by atoms with E-state index in [1.807, 2.05) is 24.3 Å². The highest BCUT2D eigenvalue weighted by atomic mass is 35.5. The molecule has 0 amide bonds. The van der Waals surface area contributed by atoms with Crippen molar-refractivity contribution in [1.82, 2.24) is 5.32 Å². The Morgan fingerprint density at radius 2 is 2.22 bits per heavy atom. The Bertz CT molecular complexity index is 464. The first-order chi connectivity index (χ1) is 8.54. The number of nitrogens with one attached hydrogen (secondary N) is 1. The Balaban J connectivity index is 2.28. The van der Waals surface area contributed by atoms with Crippen molar-refractivity contribution in [1.29, 1.82) is 5.26 Å². The molecule has 3 nitrogen and oxygen atoms in total. The maximum atomic E-state index is 8.83. The standard InChI is InChI=1S/C14H18ClN3/c1-14(2)10-17-11(7-8-16)9-18(14)13-6-4-3-5-12(13)15/h3-6,11,17H,7,9-10H2,1-2H3. The van der Waals surface area contributed by atoms with Gasteiger partial charge in [0.1, 0.15) is 0 Å². The lowest BCUT2D eigenvalue weighted by Crippen LogP contribution is -2.62. The Morgan fingerprint density at radius 3 is 2.89 bits per heavy atom. The molecule has 1 fully saturated rings. The minimum atomic E-state index is -0.00303. The van der Waals surface area contributed by atoms with Gasteiger partial charge in [-0.3, -0.25) is 0 Å². The summed E-state index contributed by atoms with van der Waals surface area (Å²) in [4.78, 5) is 2.30. The number of anilines is 1. The number of para-hydroxylation sites is 1. The van der Waals surface area contributed by atoms with Crippen molar-refractivity contribution in [3.05, 3.63) is 29.3 Å². The van der Waals surface area contributed by atoms with Gasteiger partial charge < -0.3 is 10.2 Å². The smallest absolute Gasteiger partial charge is 0.0639 e. The van der Waals surface area contributed by atoms with E-state index in [-0.39, 0.29) is 11.6 Å². The number of benzene rings is 1. The summed E-state index contributed by atoms with van der Waals surface area (Å²) in [5, 5.41) is 13.0. The van der Waals surface area contributed by atoms with E-state index >= 15 is 0 Å². The average molecular weight is 264 g/mol. The van der Waals surface area contributed by atoms with E-state index in [2.05, 4.69) is 30.1 Å². The van der Waals surface area contributed by atoms with E-state index in [1.54, 1.807) is 0 Å². The molecule has 0 aliphatic carbocycles. The van der Waals surface area contributed by atoms with E-state index in [0.29, 0.717) is 6.42 Å². The quantitative estimate of drug-likeness (QED) is 0.892. The van der Waals surface area contributed by atoms with Gasteiger partial charge in [0.2, 0.25) is 0 Å². The molecule has 0 aromatic heterocycles. The highest BCUT2D eigenvalue weighted by Gasteiger charge is 2.34. The summed E-state index contributed by atoms with van der Waals surface area (Å²) >= 11 is 6.28. The minimum Gasteiger partial charge on any atom is -0.362 e. The van der Waals surface area contributed by atoms with Crippen LogP contribution in [0.4, 0.5) is 5.69 Å². The van der Waals surface area contributed by atoms with Gasteiger partial charge in [0, 0.05) is 24.7 Å². The molecule has 1 N–H and O–H groups in total. The molecular weight excluding hydrogens is 246 g/mol. The Hall–Kier alpha value is -1.24. The fourth-order valence-corrected chi connectivity index (χ4v) is 2.60. The van der Waals surface area contributed by atoms with E-state index in [1.165, 1.54) is 0 Å². The number of hydrogen-bond donors (Lipinski definition) is 1. The third-order valence-electron chi connectivity index (χ3n) is 3.44. The Kier molecular flexibility index (Phi) is 3.79. The van der Waals surface area contributed by atoms with Crippen LogP contribution in [0.15, 0.2) is 24.3 Å². The molecule has 4 heteroatoms. The predicted octanol–water partition coefficient (Wildman–Crippen LogP) is 2.81. The van der Waals surface area contributed by atoms with Crippen LogP contribution in [0.3, 0.4) is 0 Å². The first-order valence-electron chi connectivity index (χ1n) is 6.17. The molecule has 0 bridgehead atoms. The number of hydrogen-bond acceptors (Lipinski definition) is 3. The van der Waals surface area contributed by atoms with Gasteiger partial charge in [-0.25, -0.2) is 0 Å². The second-order valence-corrected chi connectivity index (χ2v) is 5.72. The largest absolute Gasteiger partial charge is 0.362 e. The molecular formula is C14H18ClN3. The van der Waals surface area contributed by atoms with Crippen molar-refractivity contribution in [2.75, 3.05) is 18.0 Å². The normalized spacial score (nSPS) is 22.6. The van der Waals surface area contributed by atoms with Gasteiger partial charge in [-0.1, -0.05) is 23.7 Å². The van der Waals surface area contributed by atoms with Gasteiger partial charge in [-0.05, 0) is 26.0 Å². The van der Waals surface area contributed by atoms with Gasteiger partial charge in [0.15, 0.2) is 0 Å². The molecule has 0 radical (unpaired) electrons. The molecule has 1 aliphatic heterocycles. The van der Waals surface area contributed by atoms with Gasteiger partial charge in [-0.15, -0.1) is 0 Å². The SMILES string of the molecule is CC1(C)CNC(CC#N)CN1c1ccccc1Cl. The fraction of sp³-hybridized carbons (Fsp3) is 0.500. The highest BCUT2D eigenvalue weighted by molar-refractivity contribution is 6.33. The van der Waals surface area contributed by atoms with Crippen molar-refractivity contribution >= 4 is 17.3 Å². The number of nitrogens with zero attached hydrogens (tertiary/aromatic N) is 2. The summed E-state index contributed by atoms with van der Waals surface area (Å²) in [6.45, 7) is 6.03. The van der Waals surface area contributed by atoms with Crippen molar-refractivity contribution in [3.8, 4) is 6.07 Å². The zero-order chi connectivity index (χ0) is 13.2. The first-order valence-corrected chi connectivity index (χ1v) is 6.55. The number of halogens is 1. The molecule has 96 valence electrons. The second-order valence-electron chi connectivity index (χ2n) is 5.31. The van der Waals surface area contributed by atoms with Crippen LogP contribution in [0.25, 0.3) is 0 Å². The van der Waals surface area contributed by atoms with Gasteiger partial charge in [0.25, 0.3) is 0 Å². The molecule has 0 spiro atoms. The maximum Gasteiger partial charge on any atom is 0.0639 e. The molecule has 1 atom stereocenters. The molecule has 1 heterocycles. The lowest BCUT2D eigenvalue weighted by atomic mass is 9.95. The molecule has 1 aromatic carbocycles. The molecule has 1 aromatic rings. The Morgan fingerprint density at radius 1 is 1.50 bits per heavy atom. The fourth-order valence-electron chi connectivity index (χ4n) is 2.36. The van der Waals surface area contributed by atoms with Crippen molar-refractivity contribution in [2.45, 2.75) is 31.8 Å². The van der Waals surface area contributed by atoms with Crippen LogP contribution in [-0.2, 0) is 0 Å². The molecule has 1 aliphatic rings. The molecule has 2 rings (SSSR count). The monoisotopic (exact) mass is 263 g/mol. The number of nitriles is 1. The summed E-state index contributed by atoms with van der Waals surface area (Å²) in [5.41, 5.74) is 1.05. The maximum absolute atomic E-state index is 8.83. The summed E-state index contributed by atoms with van der Waals surface area (Å²) in [7, 11) is 0. The van der Waals surface area contributed by atoms with Crippen LogP contribution in [0.1, 0.15) is 20.3 Å². The van der Waals surface area contributed by atoms with Gasteiger partial charge >= 0.3 is 0 Å². The molecule has 0 saturated carbocycles. The van der Waals surface area contributed by atoms with Crippen LogP contribution in [0.5, 0.6) is 0 Å². The average Bonchev–Trinajstić information content (AvgIpc) is 2.33. The lowest BCUT2D eigenvalue weighted by Gasteiger charge is -2.47. The predicted molar refractivity (Wildman–Crippen MR) is 74.9 cm³/mol. The van der Waals surface area contributed by atoms with Crippen molar-refractivity contribution < 1.29 is 0 Å². The van der Waals surface area contributed by atoms with E-state index in [0.717, 1.165) is 23.8 Å². The minimum absolute atomic E-state index is 0.00303. The van der Waals surface area contributed by atoms with Crippen LogP contribution in [0, 0.1) is 11.3 Å². The van der Waals surface area contributed by atoms with E-state index in [9.17, 15) is 0 Å². The summed E-state index contributed by atoms with van der Waals surface area (Å²) in [6.07, 6.45) is 0.525. The zero-order valence-electron chi connectivity index (χ0n) is 10.8. The van der Waals surface area contributed by atoms with Crippen molar-refractivity contribution in [3.63, 3.8) is 0 Å². The summed E-state index contributed by atoms with van der Waals surface area (Å²) in [6, 6.07) is 10.3. The third kappa shape index (κ3) is 2.60. The third-order valence-corrected chi connectivity index (χ3v) is 3.76. The number of piperazine rings is 1. The van der Waals surface area contributed by atoms with E-state index < -0.39 is 0 Å². The van der Waals surface area contributed by atoms with Gasteiger partial charge in [-0.2, -0.15) is 5.26 Å². The summed E-state index contributed by atoms with van der Waals surface area (Å²) < 4.78 is 0. The molecule has 1 unspecified atom stereocenters. The molecule has 18 heavy (non-hydrogen) atoms. The second kappa shape index (κ2) is 5.17. The van der Waals surface area contributed by atoms with Crippen LogP contribution < -0.4 is 10.2 Å². The lowest BCUT2D eigenvalue weighted by molar-refractivity contribution is 0.325. The first kappa shape index (κ1) is 13.2. The topological polar surface area (TPSA) is 39.1 Å². The van der Waals surface area contributed by atoms with Crippen LogP contribution in [-0.4, -0.2) is 24.7 Å². The molecule has 1 saturated heterocycles. The van der Waals surface area contributed by atoms with Crippen LogP contribution in [0.2, 0.25) is 5.02 Å². The highest BCUT2D eigenvalue weighted by Crippen LogP contribution is 2.32. The van der Waals surface area contributed by atoms with Crippen molar-refractivity contribution in [2.24, 2.45) is 0 Å². The number of rotatable bonds is 2. The van der Waals surface area contributed by atoms with Gasteiger partial charge in [0.05, 0.1) is 23.2 Å². The van der Waals surface area contributed by atoms with E-state index in [4.69, 9.17) is 16.9 Å². The van der Waals surface area contributed by atoms with Crippen LogP contribution >= 0.6 is 11.6 Å². The zero-order valence-corrected chi connectivity index (χ0v) is 11.5. The Labute approximate surface area is 113 Å². The summed E-state index contributed by atoms with van der Waals surface area (Å²) in [5.74, 6) is 0.